The monoisotopic (exact) mass is 405 g/mol. The summed E-state index contributed by atoms with van der Waals surface area (Å²) >= 11 is 1.81. The highest BCUT2D eigenvalue weighted by Gasteiger charge is 2.19. The average molecular weight is 406 g/mol. The molecule has 0 heterocycles. The molecule has 0 aliphatic rings. The molecule has 0 saturated carbocycles. The first-order valence-electron chi connectivity index (χ1n) is 9.86. The van der Waals surface area contributed by atoms with Crippen molar-refractivity contribution in [2.24, 2.45) is 0 Å². The van der Waals surface area contributed by atoms with Gasteiger partial charge in [-0.15, -0.1) is 11.8 Å². The molecule has 3 aromatic rings. The van der Waals surface area contributed by atoms with Crippen molar-refractivity contribution in [2.75, 3.05) is 5.32 Å². The predicted octanol–water partition coefficient (Wildman–Crippen LogP) is 6.39. The molecule has 4 heteroatoms. The summed E-state index contributed by atoms with van der Waals surface area (Å²) in [5, 5.41) is 3.03. The van der Waals surface area contributed by atoms with Crippen molar-refractivity contribution in [3.63, 3.8) is 0 Å². The van der Waals surface area contributed by atoms with E-state index in [9.17, 15) is 4.79 Å². The van der Waals surface area contributed by atoms with Crippen LogP contribution in [-0.2, 0) is 10.5 Å². The van der Waals surface area contributed by atoms with E-state index in [0.29, 0.717) is 6.42 Å². The molecular weight excluding hydrogens is 378 g/mol. The second-order valence-corrected chi connectivity index (χ2v) is 8.12. The highest BCUT2D eigenvalue weighted by molar-refractivity contribution is 7.98. The van der Waals surface area contributed by atoms with Crippen LogP contribution in [0.5, 0.6) is 5.75 Å². The van der Waals surface area contributed by atoms with E-state index < -0.39 is 6.10 Å². The van der Waals surface area contributed by atoms with Gasteiger partial charge in [-0.2, -0.15) is 0 Å². The molecule has 0 radical (unpaired) electrons. The van der Waals surface area contributed by atoms with Crippen LogP contribution < -0.4 is 10.1 Å². The first-order valence-corrected chi connectivity index (χ1v) is 10.9. The maximum absolute atomic E-state index is 12.7. The molecule has 0 fully saturated rings. The molecule has 150 valence electrons. The Labute approximate surface area is 177 Å². The SMILES string of the molecule is CC[C@H](Oc1cccc(C)c1)C(=O)Nc1ccc(CSc2ccccc2)cc1C. The van der Waals surface area contributed by atoms with Gasteiger partial charge in [0.25, 0.3) is 5.91 Å². The number of thioether (sulfide) groups is 1. The number of hydrogen-bond donors (Lipinski definition) is 1. The summed E-state index contributed by atoms with van der Waals surface area (Å²) in [5.74, 6) is 1.49. The fraction of sp³-hybridized carbons (Fsp3) is 0.240. The lowest BCUT2D eigenvalue weighted by Crippen LogP contribution is -2.32. The second kappa shape index (κ2) is 10.2. The molecule has 0 unspecified atom stereocenters. The minimum atomic E-state index is -0.524. The van der Waals surface area contributed by atoms with Crippen LogP contribution in [0.3, 0.4) is 0 Å². The van der Waals surface area contributed by atoms with E-state index in [-0.39, 0.29) is 5.91 Å². The zero-order valence-electron chi connectivity index (χ0n) is 17.1. The van der Waals surface area contributed by atoms with Gasteiger partial charge in [-0.25, -0.2) is 0 Å². The quantitative estimate of drug-likeness (QED) is 0.441. The molecular formula is C25H27NO2S. The molecule has 0 bridgehead atoms. The smallest absolute Gasteiger partial charge is 0.265 e. The minimum absolute atomic E-state index is 0.122. The van der Waals surface area contributed by atoms with Crippen molar-refractivity contribution in [1.82, 2.24) is 0 Å². The van der Waals surface area contributed by atoms with Gasteiger partial charge in [0.15, 0.2) is 6.10 Å². The lowest BCUT2D eigenvalue weighted by molar-refractivity contribution is -0.122. The van der Waals surface area contributed by atoms with Gasteiger partial charge in [-0.05, 0) is 67.3 Å². The van der Waals surface area contributed by atoms with E-state index >= 15 is 0 Å². The maximum atomic E-state index is 12.7. The summed E-state index contributed by atoms with van der Waals surface area (Å²) in [7, 11) is 0. The largest absolute Gasteiger partial charge is 0.481 e. The molecule has 3 rings (SSSR count). The van der Waals surface area contributed by atoms with Crippen LogP contribution in [0.15, 0.2) is 77.7 Å². The summed E-state index contributed by atoms with van der Waals surface area (Å²) in [4.78, 5) is 14.0. The van der Waals surface area contributed by atoms with E-state index in [1.807, 2.05) is 57.2 Å². The van der Waals surface area contributed by atoms with Crippen LogP contribution in [0, 0.1) is 13.8 Å². The number of aryl methyl sites for hydroxylation is 2. The molecule has 0 aliphatic heterocycles. The predicted molar refractivity (Wildman–Crippen MR) is 122 cm³/mol. The number of carbonyl (C=O) groups is 1. The van der Waals surface area contributed by atoms with Gasteiger partial charge in [0.05, 0.1) is 0 Å². The second-order valence-electron chi connectivity index (χ2n) is 7.07. The number of hydrogen-bond acceptors (Lipinski definition) is 3. The van der Waals surface area contributed by atoms with E-state index in [1.54, 1.807) is 11.8 Å². The number of ether oxygens (including phenoxy) is 1. The van der Waals surface area contributed by atoms with Crippen LogP contribution in [0.25, 0.3) is 0 Å². The van der Waals surface area contributed by atoms with Gasteiger partial charge >= 0.3 is 0 Å². The zero-order chi connectivity index (χ0) is 20.6. The van der Waals surface area contributed by atoms with Gasteiger partial charge in [0, 0.05) is 16.3 Å². The lowest BCUT2D eigenvalue weighted by Gasteiger charge is -2.18. The Morgan fingerprint density at radius 2 is 1.79 bits per heavy atom. The first-order chi connectivity index (χ1) is 14.0. The Balaban J connectivity index is 1.61. The summed E-state index contributed by atoms with van der Waals surface area (Å²) in [6, 6.07) is 24.3. The minimum Gasteiger partial charge on any atom is -0.481 e. The van der Waals surface area contributed by atoms with Gasteiger partial charge in [-0.3, -0.25) is 4.79 Å². The van der Waals surface area contributed by atoms with E-state index in [4.69, 9.17) is 4.74 Å². The Morgan fingerprint density at radius 3 is 2.48 bits per heavy atom. The Morgan fingerprint density at radius 1 is 1.00 bits per heavy atom. The Kier molecular flexibility index (Phi) is 7.36. The van der Waals surface area contributed by atoms with Gasteiger partial charge in [0.1, 0.15) is 5.75 Å². The maximum Gasteiger partial charge on any atom is 0.265 e. The van der Waals surface area contributed by atoms with Crippen molar-refractivity contribution in [3.8, 4) is 5.75 Å². The van der Waals surface area contributed by atoms with Gasteiger partial charge in [-0.1, -0.05) is 49.4 Å². The number of nitrogens with one attached hydrogen (secondary N) is 1. The molecule has 1 N–H and O–H groups in total. The first kappa shape index (κ1) is 21.0. The van der Waals surface area contributed by atoms with Gasteiger partial charge < -0.3 is 10.1 Å². The van der Waals surface area contributed by atoms with Crippen LogP contribution in [0.1, 0.15) is 30.0 Å². The summed E-state index contributed by atoms with van der Waals surface area (Å²) in [6.07, 6.45) is 0.0782. The van der Waals surface area contributed by atoms with E-state index in [2.05, 4.69) is 41.7 Å². The van der Waals surface area contributed by atoms with Crippen molar-refractivity contribution in [3.05, 3.63) is 89.5 Å². The number of rotatable bonds is 8. The molecule has 29 heavy (non-hydrogen) atoms. The molecule has 0 aromatic heterocycles. The Bertz CT molecular complexity index is 956. The van der Waals surface area contributed by atoms with Crippen molar-refractivity contribution >= 4 is 23.4 Å². The van der Waals surface area contributed by atoms with Crippen LogP contribution in [0.4, 0.5) is 5.69 Å². The number of carbonyl (C=O) groups excluding carboxylic acids is 1. The third-order valence-electron chi connectivity index (χ3n) is 4.63. The standard InChI is InChI=1S/C25H27NO2S/c1-4-24(28-21-10-8-9-18(2)15-21)25(27)26-23-14-13-20(16-19(23)3)17-29-22-11-6-5-7-12-22/h5-16,24H,4,17H2,1-3H3,(H,26,27)/t24-/m0/s1. The number of amides is 1. The summed E-state index contributed by atoms with van der Waals surface area (Å²) in [5.41, 5.74) is 4.22. The number of benzene rings is 3. The molecule has 3 nitrogen and oxygen atoms in total. The molecule has 0 saturated heterocycles. The van der Waals surface area contributed by atoms with Crippen LogP contribution >= 0.6 is 11.8 Å². The average Bonchev–Trinajstić information content (AvgIpc) is 2.73. The lowest BCUT2D eigenvalue weighted by atomic mass is 10.1. The molecule has 1 amide bonds. The van der Waals surface area contributed by atoms with E-state index in [1.165, 1.54) is 10.5 Å². The van der Waals surface area contributed by atoms with Gasteiger partial charge in [0.2, 0.25) is 0 Å². The van der Waals surface area contributed by atoms with Crippen molar-refractivity contribution in [2.45, 2.75) is 43.9 Å². The zero-order valence-corrected chi connectivity index (χ0v) is 18.0. The molecule has 0 aliphatic carbocycles. The third-order valence-corrected chi connectivity index (χ3v) is 5.71. The molecule has 3 aromatic carbocycles. The highest BCUT2D eigenvalue weighted by atomic mass is 32.2. The molecule has 1 atom stereocenters. The van der Waals surface area contributed by atoms with Crippen LogP contribution in [-0.4, -0.2) is 12.0 Å². The topological polar surface area (TPSA) is 38.3 Å². The summed E-state index contributed by atoms with van der Waals surface area (Å²) in [6.45, 7) is 5.99. The fourth-order valence-electron chi connectivity index (χ4n) is 3.03. The highest BCUT2D eigenvalue weighted by Crippen LogP contribution is 2.25. The fourth-order valence-corrected chi connectivity index (χ4v) is 3.89. The van der Waals surface area contributed by atoms with E-state index in [0.717, 1.165) is 28.3 Å². The Hall–Kier alpha value is -2.72. The van der Waals surface area contributed by atoms with Crippen molar-refractivity contribution in [1.29, 1.82) is 0 Å². The number of anilines is 1. The van der Waals surface area contributed by atoms with Crippen molar-refractivity contribution < 1.29 is 9.53 Å². The molecule has 0 spiro atoms. The van der Waals surface area contributed by atoms with Crippen LogP contribution in [0.2, 0.25) is 0 Å². The summed E-state index contributed by atoms with van der Waals surface area (Å²) < 4.78 is 5.91. The third kappa shape index (κ3) is 6.13. The normalized spacial score (nSPS) is 11.7.